The van der Waals surface area contributed by atoms with Crippen LogP contribution in [-0.4, -0.2) is 62.4 Å². The van der Waals surface area contributed by atoms with Crippen molar-refractivity contribution >= 4 is 76.4 Å². The van der Waals surface area contributed by atoms with Crippen molar-refractivity contribution in [2.75, 3.05) is 45.0 Å². The zero-order valence-corrected chi connectivity index (χ0v) is 40.4. The van der Waals surface area contributed by atoms with E-state index in [0.717, 1.165) is 18.2 Å². The number of hydrogen-bond donors (Lipinski definition) is 2. The number of aryl methyl sites for hydroxylation is 1. The fourth-order valence-electron chi connectivity index (χ4n) is 6.80. The van der Waals surface area contributed by atoms with Crippen LogP contribution in [0.1, 0.15) is 5.56 Å². The molecule has 2 N–H and O–H groups in total. The molecule has 0 saturated carbocycles. The summed E-state index contributed by atoms with van der Waals surface area (Å²) in [6, 6.07) is 26.6. The van der Waals surface area contributed by atoms with Crippen LogP contribution < -0.4 is 42.6 Å². The lowest BCUT2D eigenvalue weighted by molar-refractivity contribution is 0.355. The first-order chi connectivity index (χ1) is 33.0. The highest BCUT2D eigenvalue weighted by Gasteiger charge is 2.25. The van der Waals surface area contributed by atoms with Gasteiger partial charge in [-0.25, -0.2) is 25.6 Å². The Hall–Kier alpha value is -7.32. The second kappa shape index (κ2) is 20.9. The summed E-state index contributed by atoms with van der Waals surface area (Å²) in [5.41, 5.74) is 1.24. The van der Waals surface area contributed by atoms with Gasteiger partial charge in [-0.3, -0.25) is 19.4 Å². The number of rotatable bonds is 15. The van der Waals surface area contributed by atoms with Gasteiger partial charge in [-0.15, -0.1) is 0 Å². The molecule has 8 aromatic rings. The lowest BCUT2D eigenvalue weighted by atomic mass is 10.2. The Morgan fingerprint density at radius 3 is 1.39 bits per heavy atom. The number of fused-ring (bicyclic) bond motifs is 2. The van der Waals surface area contributed by atoms with Gasteiger partial charge in [0.05, 0.1) is 67.9 Å². The number of pyridine rings is 2. The normalized spacial score (nSPS) is 11.3. The van der Waals surface area contributed by atoms with E-state index in [0.29, 0.717) is 61.9 Å². The molecule has 358 valence electrons. The minimum Gasteiger partial charge on any atom is -0.494 e. The minimum atomic E-state index is -4.30. The van der Waals surface area contributed by atoms with Crippen LogP contribution in [0.25, 0.3) is 21.8 Å². The number of anilines is 2. The molecular formula is C48H40Cl2F2N4O11S2. The fraction of sp³-hybridized carbons (Fsp3) is 0.125. The molecule has 0 aliphatic heterocycles. The number of ether oxygens (including phenoxy) is 7. The number of nitrogens with one attached hydrogen (secondary N) is 2. The number of halogens is 4. The summed E-state index contributed by atoms with van der Waals surface area (Å²) in [7, 11) is -0.918. The Morgan fingerprint density at radius 1 is 0.507 bits per heavy atom. The average Bonchev–Trinajstić information content (AvgIpc) is 3.32. The number of aromatic nitrogens is 2. The highest BCUT2D eigenvalue weighted by atomic mass is 35.5. The van der Waals surface area contributed by atoms with Crippen molar-refractivity contribution in [1.82, 2.24) is 9.97 Å². The van der Waals surface area contributed by atoms with Crippen LogP contribution in [0.4, 0.5) is 20.2 Å². The van der Waals surface area contributed by atoms with Gasteiger partial charge in [0.2, 0.25) is 0 Å². The maximum absolute atomic E-state index is 14.9. The van der Waals surface area contributed by atoms with E-state index in [4.69, 9.17) is 56.4 Å². The molecule has 21 heteroatoms. The molecule has 0 amide bonds. The van der Waals surface area contributed by atoms with Crippen LogP contribution in [0, 0.1) is 18.6 Å². The summed E-state index contributed by atoms with van der Waals surface area (Å²) in [6.45, 7) is 1.67. The maximum Gasteiger partial charge on any atom is 0.265 e. The van der Waals surface area contributed by atoms with Crippen LogP contribution >= 0.6 is 23.2 Å². The number of benzene rings is 6. The Bertz CT molecular complexity index is 3460. The van der Waals surface area contributed by atoms with Gasteiger partial charge < -0.3 is 33.2 Å². The van der Waals surface area contributed by atoms with E-state index < -0.39 is 31.7 Å². The zero-order valence-electron chi connectivity index (χ0n) is 37.3. The molecule has 6 aromatic carbocycles. The van der Waals surface area contributed by atoms with Crippen LogP contribution in [0.3, 0.4) is 0 Å². The van der Waals surface area contributed by atoms with Gasteiger partial charge in [0.15, 0.2) is 40.4 Å². The van der Waals surface area contributed by atoms with Gasteiger partial charge in [0, 0.05) is 52.5 Å². The zero-order chi connectivity index (χ0) is 49.6. The topological polar surface area (TPSA) is 183 Å². The molecule has 0 aliphatic carbocycles. The lowest BCUT2D eigenvalue weighted by Gasteiger charge is -2.15. The van der Waals surface area contributed by atoms with Crippen molar-refractivity contribution in [2.24, 2.45) is 0 Å². The van der Waals surface area contributed by atoms with Crippen molar-refractivity contribution < 1.29 is 58.8 Å². The molecule has 0 spiro atoms. The third kappa shape index (κ3) is 11.0. The SMILES string of the molecule is COc1cc2nccc(Oc3ccc(NS(=O)(=O)c4cc(Cl)cc(Cl)c4OC)c(F)c3)c2cc1OC.COc1cc2nccc(Oc3ccc(NS(=O)(=O)c4ccccc4C)c(F)c3)c2cc1OC. The van der Waals surface area contributed by atoms with E-state index in [-0.39, 0.29) is 48.5 Å². The fourth-order valence-corrected chi connectivity index (χ4v) is 10.1. The molecule has 2 aromatic heterocycles. The van der Waals surface area contributed by atoms with E-state index in [1.165, 1.54) is 78.1 Å². The summed E-state index contributed by atoms with van der Waals surface area (Å²) in [5, 5.41) is 1.31. The molecule has 0 radical (unpaired) electrons. The van der Waals surface area contributed by atoms with E-state index in [2.05, 4.69) is 19.4 Å². The maximum atomic E-state index is 14.9. The highest BCUT2D eigenvalue weighted by molar-refractivity contribution is 7.93. The van der Waals surface area contributed by atoms with E-state index in [9.17, 15) is 25.6 Å². The van der Waals surface area contributed by atoms with Crippen molar-refractivity contribution in [1.29, 1.82) is 0 Å². The molecule has 2 heterocycles. The van der Waals surface area contributed by atoms with Crippen molar-refractivity contribution in [3.05, 3.63) is 149 Å². The summed E-state index contributed by atoms with van der Waals surface area (Å²) in [6.07, 6.45) is 3.09. The molecule has 0 bridgehead atoms. The second-order valence-corrected chi connectivity index (χ2v) is 18.6. The third-order valence-corrected chi connectivity index (χ3v) is 13.5. The first kappa shape index (κ1) is 49.6. The minimum absolute atomic E-state index is 0.00609. The van der Waals surface area contributed by atoms with Gasteiger partial charge in [-0.05, 0) is 79.2 Å². The van der Waals surface area contributed by atoms with Crippen LogP contribution in [0.15, 0.2) is 131 Å². The molecule has 0 atom stereocenters. The molecule has 0 fully saturated rings. The Kier molecular flexibility index (Phi) is 15.0. The van der Waals surface area contributed by atoms with Crippen molar-refractivity contribution in [3.63, 3.8) is 0 Å². The quantitative estimate of drug-likeness (QED) is 0.0990. The third-order valence-electron chi connectivity index (χ3n) is 10.1. The smallest absolute Gasteiger partial charge is 0.265 e. The molecule has 15 nitrogen and oxygen atoms in total. The molecule has 69 heavy (non-hydrogen) atoms. The number of methoxy groups -OCH3 is 5. The summed E-state index contributed by atoms with van der Waals surface area (Å²) in [5.74, 6) is 1.33. The molecule has 8 rings (SSSR count). The van der Waals surface area contributed by atoms with Crippen molar-refractivity contribution in [3.8, 4) is 51.7 Å². The predicted molar refractivity (Wildman–Crippen MR) is 258 cm³/mol. The van der Waals surface area contributed by atoms with Crippen molar-refractivity contribution in [2.45, 2.75) is 16.7 Å². The Balaban J connectivity index is 0.000000205. The molecule has 0 saturated heterocycles. The van der Waals surface area contributed by atoms with Gasteiger partial charge >= 0.3 is 0 Å². The van der Waals surface area contributed by atoms with Crippen LogP contribution in [0.5, 0.6) is 51.7 Å². The summed E-state index contributed by atoms with van der Waals surface area (Å²) < 4.78 is 124. The average molecular weight is 1020 g/mol. The van der Waals surface area contributed by atoms with E-state index in [1.807, 2.05) is 0 Å². The largest absolute Gasteiger partial charge is 0.494 e. The Labute approximate surface area is 405 Å². The second-order valence-electron chi connectivity index (χ2n) is 14.4. The number of nitrogens with zero attached hydrogens (tertiary/aromatic N) is 2. The van der Waals surface area contributed by atoms with Crippen LogP contribution in [-0.2, 0) is 20.0 Å². The van der Waals surface area contributed by atoms with Gasteiger partial charge in [0.25, 0.3) is 20.0 Å². The first-order valence-corrected chi connectivity index (χ1v) is 23.8. The highest BCUT2D eigenvalue weighted by Crippen LogP contribution is 2.40. The van der Waals surface area contributed by atoms with Gasteiger partial charge in [0.1, 0.15) is 27.9 Å². The molecular weight excluding hydrogens is 982 g/mol. The van der Waals surface area contributed by atoms with Crippen LogP contribution in [0.2, 0.25) is 10.0 Å². The summed E-state index contributed by atoms with van der Waals surface area (Å²) >= 11 is 12.0. The number of sulfonamides is 2. The monoisotopic (exact) mass is 1020 g/mol. The number of hydrogen-bond acceptors (Lipinski definition) is 13. The lowest BCUT2D eigenvalue weighted by Crippen LogP contribution is -2.15. The van der Waals surface area contributed by atoms with Gasteiger partial charge in [-0.1, -0.05) is 41.4 Å². The molecule has 0 aliphatic rings. The van der Waals surface area contributed by atoms with Gasteiger partial charge in [-0.2, -0.15) is 0 Å². The molecule has 0 unspecified atom stereocenters. The van der Waals surface area contributed by atoms with E-state index in [1.54, 1.807) is 67.7 Å². The standard InChI is InChI=1S/C24H19Cl2FN2O6S.C24H21FN2O5S/c1-32-21-11-15-19(12-22(21)33-2)28-7-6-20(15)35-14-4-5-18(17(27)10-14)29-36(30,31)23-9-13(25)8-16(26)24(23)34-3;1-15-6-4-5-7-24(15)33(28,29)27-19-9-8-16(12-18(19)25)32-21-10-11-26-20-14-23(31-3)22(30-2)13-17(20)21/h4-12,29H,1-3H3;4-14,27H,1-3H3. The summed E-state index contributed by atoms with van der Waals surface area (Å²) in [4.78, 5) is 8.35. The first-order valence-electron chi connectivity index (χ1n) is 20.1. The van der Waals surface area contributed by atoms with E-state index >= 15 is 0 Å². The predicted octanol–water partition coefficient (Wildman–Crippen LogP) is 11.6. The Morgan fingerprint density at radius 2 is 0.957 bits per heavy atom.